The van der Waals surface area contributed by atoms with Crippen molar-refractivity contribution in [1.82, 2.24) is 15.8 Å². The van der Waals surface area contributed by atoms with Gasteiger partial charge in [0.1, 0.15) is 5.75 Å². The molecule has 0 aliphatic carbocycles. The molecule has 3 aromatic rings. The molecule has 2 heterocycles. The third kappa shape index (κ3) is 3.88. The van der Waals surface area contributed by atoms with Crippen LogP contribution in [-0.2, 0) is 6.54 Å². The molecule has 0 saturated carbocycles. The van der Waals surface area contributed by atoms with Crippen molar-refractivity contribution in [2.75, 3.05) is 19.6 Å². The van der Waals surface area contributed by atoms with Gasteiger partial charge in [-0.1, -0.05) is 60.7 Å². The predicted molar refractivity (Wildman–Crippen MR) is 118 cm³/mol. The quantitative estimate of drug-likeness (QED) is 0.633. The Morgan fingerprint density at radius 1 is 0.897 bits per heavy atom. The van der Waals surface area contributed by atoms with Gasteiger partial charge >= 0.3 is 0 Å². The molecule has 0 bridgehead atoms. The van der Waals surface area contributed by atoms with E-state index in [2.05, 4.69) is 58.2 Å². The molecule has 2 atom stereocenters. The smallest absolute Gasteiger partial charge is 0.120 e. The van der Waals surface area contributed by atoms with Gasteiger partial charge in [-0.05, 0) is 54.3 Å². The number of benzene rings is 3. The van der Waals surface area contributed by atoms with Crippen LogP contribution in [0.4, 0.5) is 0 Å². The van der Waals surface area contributed by atoms with Crippen molar-refractivity contribution in [3.8, 4) is 5.75 Å². The zero-order valence-electron chi connectivity index (χ0n) is 16.7. The van der Waals surface area contributed by atoms with Crippen LogP contribution in [-0.4, -0.2) is 35.7 Å². The molecule has 2 aliphatic heterocycles. The minimum atomic E-state index is 0.410. The zero-order chi connectivity index (χ0) is 19.6. The molecule has 2 saturated heterocycles. The molecule has 0 aromatic heterocycles. The van der Waals surface area contributed by atoms with Crippen molar-refractivity contribution < 1.29 is 5.11 Å². The average molecular weight is 388 g/mol. The van der Waals surface area contributed by atoms with E-state index in [-0.39, 0.29) is 0 Å². The molecule has 5 rings (SSSR count). The Labute approximate surface area is 172 Å². The SMILES string of the molecule is Oc1ccccc1CN1CCC(C2NNCC2c2ccc3ccccc3c2)CC1. The summed E-state index contributed by atoms with van der Waals surface area (Å²) in [5.41, 5.74) is 9.48. The van der Waals surface area contributed by atoms with Crippen LogP contribution < -0.4 is 10.9 Å². The van der Waals surface area contributed by atoms with Crippen molar-refractivity contribution in [1.29, 1.82) is 0 Å². The molecule has 3 aromatic carbocycles. The lowest BCUT2D eigenvalue weighted by Gasteiger charge is -2.36. The number of rotatable bonds is 4. The van der Waals surface area contributed by atoms with E-state index < -0.39 is 0 Å². The summed E-state index contributed by atoms with van der Waals surface area (Å²) >= 11 is 0. The highest BCUT2D eigenvalue weighted by molar-refractivity contribution is 5.83. The van der Waals surface area contributed by atoms with E-state index in [0.717, 1.165) is 31.7 Å². The summed E-state index contributed by atoms with van der Waals surface area (Å²) in [6, 6.07) is 23.7. The first-order valence-corrected chi connectivity index (χ1v) is 10.7. The number of hydrogen-bond acceptors (Lipinski definition) is 4. The van der Waals surface area contributed by atoms with E-state index in [4.69, 9.17) is 0 Å². The van der Waals surface area contributed by atoms with Crippen LogP contribution in [0.1, 0.15) is 29.9 Å². The Bertz CT molecular complexity index is 980. The van der Waals surface area contributed by atoms with Crippen LogP contribution in [0.2, 0.25) is 0 Å². The highest BCUT2D eigenvalue weighted by Crippen LogP contribution is 2.34. The minimum Gasteiger partial charge on any atom is -0.508 e. The number of piperidine rings is 1. The summed E-state index contributed by atoms with van der Waals surface area (Å²) in [4.78, 5) is 2.47. The summed E-state index contributed by atoms with van der Waals surface area (Å²) in [5, 5.41) is 12.7. The summed E-state index contributed by atoms with van der Waals surface area (Å²) in [6.07, 6.45) is 2.38. The second kappa shape index (κ2) is 8.15. The summed E-state index contributed by atoms with van der Waals surface area (Å²) in [7, 11) is 0. The number of nitrogens with one attached hydrogen (secondary N) is 2. The van der Waals surface area contributed by atoms with Crippen LogP contribution in [0.3, 0.4) is 0 Å². The van der Waals surface area contributed by atoms with Crippen molar-refractivity contribution in [2.45, 2.75) is 31.3 Å². The van der Waals surface area contributed by atoms with Crippen molar-refractivity contribution in [2.24, 2.45) is 5.92 Å². The van der Waals surface area contributed by atoms with Crippen molar-refractivity contribution >= 4 is 10.8 Å². The van der Waals surface area contributed by atoms with Gasteiger partial charge in [-0.25, -0.2) is 0 Å². The normalized spacial score (nSPS) is 23.6. The molecule has 150 valence electrons. The van der Waals surface area contributed by atoms with Gasteiger partial charge in [-0.15, -0.1) is 0 Å². The Balaban J connectivity index is 1.25. The Morgan fingerprint density at radius 3 is 2.48 bits per heavy atom. The van der Waals surface area contributed by atoms with E-state index in [0.29, 0.717) is 23.6 Å². The van der Waals surface area contributed by atoms with Gasteiger partial charge in [0.15, 0.2) is 0 Å². The lowest BCUT2D eigenvalue weighted by molar-refractivity contribution is 0.151. The number of hydrogen-bond donors (Lipinski definition) is 3. The van der Waals surface area contributed by atoms with Gasteiger partial charge in [0.25, 0.3) is 0 Å². The molecule has 0 radical (unpaired) electrons. The maximum absolute atomic E-state index is 10.1. The lowest BCUT2D eigenvalue weighted by atomic mass is 9.80. The summed E-state index contributed by atoms with van der Waals surface area (Å²) in [6.45, 7) is 3.99. The highest BCUT2D eigenvalue weighted by Gasteiger charge is 2.36. The minimum absolute atomic E-state index is 0.410. The Hall–Kier alpha value is -2.40. The van der Waals surface area contributed by atoms with E-state index in [1.807, 2.05) is 18.2 Å². The number of phenolic OH excluding ortho intramolecular Hbond substituents is 1. The van der Waals surface area contributed by atoms with E-state index in [1.54, 1.807) is 6.07 Å². The largest absolute Gasteiger partial charge is 0.508 e. The van der Waals surface area contributed by atoms with Gasteiger partial charge in [-0.3, -0.25) is 15.8 Å². The Kier molecular flexibility index (Phi) is 5.23. The van der Waals surface area contributed by atoms with Gasteiger partial charge in [0.05, 0.1) is 0 Å². The second-order valence-electron chi connectivity index (χ2n) is 8.51. The fourth-order valence-corrected chi connectivity index (χ4v) is 5.08. The molecule has 4 nitrogen and oxygen atoms in total. The molecule has 4 heteroatoms. The predicted octanol–water partition coefficient (Wildman–Crippen LogP) is 4.02. The first-order chi connectivity index (χ1) is 14.3. The standard InChI is InChI=1S/C25H29N3O/c29-24-8-4-3-7-22(24)17-28-13-11-19(12-14-28)25-23(16-26-27-25)21-10-9-18-5-1-2-6-20(18)15-21/h1-10,15,19,23,25-27,29H,11-14,16-17H2. The highest BCUT2D eigenvalue weighted by atomic mass is 16.3. The van der Waals surface area contributed by atoms with Gasteiger partial charge in [-0.2, -0.15) is 0 Å². The van der Waals surface area contributed by atoms with Gasteiger partial charge in [0, 0.05) is 30.6 Å². The lowest BCUT2D eigenvalue weighted by Crippen LogP contribution is -2.44. The second-order valence-corrected chi connectivity index (χ2v) is 8.51. The summed E-state index contributed by atoms with van der Waals surface area (Å²) < 4.78 is 0. The third-order valence-corrected chi connectivity index (χ3v) is 6.75. The molecule has 2 fully saturated rings. The molecular formula is C25H29N3O. The average Bonchev–Trinajstić information content (AvgIpc) is 3.25. The van der Waals surface area contributed by atoms with Crippen LogP contribution in [0.25, 0.3) is 10.8 Å². The molecular weight excluding hydrogens is 358 g/mol. The molecule has 29 heavy (non-hydrogen) atoms. The monoisotopic (exact) mass is 387 g/mol. The number of nitrogens with zero attached hydrogens (tertiary/aromatic N) is 1. The van der Waals surface area contributed by atoms with Crippen LogP contribution in [0.5, 0.6) is 5.75 Å². The zero-order valence-corrected chi connectivity index (χ0v) is 16.7. The maximum atomic E-state index is 10.1. The first kappa shape index (κ1) is 18.6. The van der Waals surface area contributed by atoms with E-state index >= 15 is 0 Å². The van der Waals surface area contributed by atoms with Crippen LogP contribution in [0.15, 0.2) is 66.7 Å². The van der Waals surface area contributed by atoms with Crippen LogP contribution >= 0.6 is 0 Å². The van der Waals surface area contributed by atoms with Crippen molar-refractivity contribution in [3.63, 3.8) is 0 Å². The first-order valence-electron chi connectivity index (χ1n) is 10.7. The number of phenols is 1. The molecule has 2 unspecified atom stereocenters. The number of para-hydroxylation sites is 1. The number of hydrazine groups is 1. The van der Waals surface area contributed by atoms with Gasteiger partial charge < -0.3 is 5.11 Å². The molecule has 3 N–H and O–H groups in total. The fraction of sp³-hybridized carbons (Fsp3) is 0.360. The molecule has 2 aliphatic rings. The van der Waals surface area contributed by atoms with Crippen molar-refractivity contribution in [3.05, 3.63) is 77.9 Å². The van der Waals surface area contributed by atoms with Crippen LogP contribution in [0, 0.1) is 5.92 Å². The molecule has 0 amide bonds. The third-order valence-electron chi connectivity index (χ3n) is 6.75. The number of aromatic hydroxyl groups is 1. The number of fused-ring (bicyclic) bond motifs is 1. The molecule has 0 spiro atoms. The van der Waals surface area contributed by atoms with Gasteiger partial charge in [0.2, 0.25) is 0 Å². The van der Waals surface area contributed by atoms with E-state index in [9.17, 15) is 5.11 Å². The van der Waals surface area contributed by atoms with E-state index in [1.165, 1.54) is 29.2 Å². The number of likely N-dealkylation sites (tertiary alicyclic amines) is 1. The summed E-state index contributed by atoms with van der Waals surface area (Å²) in [5.74, 6) is 1.59. The fourth-order valence-electron chi connectivity index (χ4n) is 5.08. The maximum Gasteiger partial charge on any atom is 0.120 e. The topological polar surface area (TPSA) is 47.5 Å². The Morgan fingerprint density at radius 2 is 1.66 bits per heavy atom.